The molecule has 0 aliphatic rings. The molecule has 0 aliphatic carbocycles. The molecule has 1 heterocycles. The molecule has 0 saturated heterocycles. The molecule has 0 saturated carbocycles. The third-order valence-corrected chi connectivity index (χ3v) is 3.50. The van der Waals surface area contributed by atoms with E-state index in [1.165, 1.54) is 0 Å². The Kier molecular flexibility index (Phi) is 3.76. The smallest absolute Gasteiger partial charge is 0.274 e. The molecule has 0 bridgehead atoms. The van der Waals surface area contributed by atoms with Crippen molar-refractivity contribution >= 4 is 28.4 Å². The van der Waals surface area contributed by atoms with Crippen LogP contribution in [0.15, 0.2) is 54.6 Å². The fourth-order valence-corrected chi connectivity index (χ4v) is 2.28. The number of fused-ring (bicyclic) bond motifs is 1. The van der Waals surface area contributed by atoms with Crippen molar-refractivity contribution in [3.8, 4) is 0 Å². The van der Waals surface area contributed by atoms with Gasteiger partial charge in [0, 0.05) is 16.6 Å². The van der Waals surface area contributed by atoms with Crippen molar-refractivity contribution in [2.45, 2.75) is 6.92 Å². The summed E-state index contributed by atoms with van der Waals surface area (Å²) in [6.07, 6.45) is 0. The van der Waals surface area contributed by atoms with Gasteiger partial charge in [0.2, 0.25) is 5.91 Å². The lowest BCUT2D eigenvalue weighted by Gasteiger charge is -2.06. The topological polar surface area (TPSA) is 85.1 Å². The lowest BCUT2D eigenvalue weighted by Crippen LogP contribution is -2.14. The van der Waals surface area contributed by atoms with Crippen LogP contribution in [-0.4, -0.2) is 16.8 Å². The highest BCUT2D eigenvalue weighted by Gasteiger charge is 2.09. The summed E-state index contributed by atoms with van der Waals surface area (Å²) < 4.78 is 0. The third-order valence-electron chi connectivity index (χ3n) is 3.50. The molecule has 0 unspecified atom stereocenters. The van der Waals surface area contributed by atoms with Gasteiger partial charge in [0.15, 0.2) is 0 Å². The number of pyridine rings is 1. The number of nitrogens with one attached hydrogen (secondary N) is 1. The summed E-state index contributed by atoms with van der Waals surface area (Å²) in [6.45, 7) is 2.01. The van der Waals surface area contributed by atoms with Crippen molar-refractivity contribution in [1.82, 2.24) is 4.98 Å². The zero-order valence-corrected chi connectivity index (χ0v) is 12.5. The van der Waals surface area contributed by atoms with Crippen LogP contribution in [-0.2, 0) is 0 Å². The Hall–Kier alpha value is -3.21. The average Bonchev–Trinajstić information content (AvgIpc) is 2.54. The number of hydrogen-bond acceptors (Lipinski definition) is 3. The summed E-state index contributed by atoms with van der Waals surface area (Å²) in [7, 11) is 0. The molecule has 1 aromatic heterocycles. The van der Waals surface area contributed by atoms with E-state index in [0.29, 0.717) is 16.9 Å². The van der Waals surface area contributed by atoms with Crippen LogP contribution in [0.5, 0.6) is 0 Å². The van der Waals surface area contributed by atoms with Gasteiger partial charge in [-0.2, -0.15) is 0 Å². The summed E-state index contributed by atoms with van der Waals surface area (Å²) in [4.78, 5) is 27.7. The Balaban J connectivity index is 1.82. The maximum Gasteiger partial charge on any atom is 0.274 e. The van der Waals surface area contributed by atoms with Gasteiger partial charge < -0.3 is 11.1 Å². The maximum atomic E-state index is 12.3. The van der Waals surface area contributed by atoms with Gasteiger partial charge in [0.25, 0.3) is 5.91 Å². The van der Waals surface area contributed by atoms with E-state index in [-0.39, 0.29) is 5.91 Å². The molecule has 2 amide bonds. The van der Waals surface area contributed by atoms with Gasteiger partial charge in [-0.05, 0) is 49.4 Å². The van der Waals surface area contributed by atoms with Crippen LogP contribution in [0, 0.1) is 6.92 Å². The highest BCUT2D eigenvalue weighted by molar-refractivity contribution is 6.04. The molecular weight excluding hydrogens is 290 g/mol. The first-order valence-corrected chi connectivity index (χ1v) is 7.11. The van der Waals surface area contributed by atoms with Gasteiger partial charge in [0.05, 0.1) is 5.52 Å². The van der Waals surface area contributed by atoms with E-state index >= 15 is 0 Å². The average molecular weight is 305 g/mol. The van der Waals surface area contributed by atoms with Crippen molar-refractivity contribution in [2.24, 2.45) is 5.73 Å². The summed E-state index contributed by atoms with van der Waals surface area (Å²) in [5.74, 6) is -0.811. The first-order valence-electron chi connectivity index (χ1n) is 7.11. The Morgan fingerprint density at radius 1 is 1.00 bits per heavy atom. The van der Waals surface area contributed by atoms with Crippen LogP contribution in [0.4, 0.5) is 5.69 Å². The van der Waals surface area contributed by atoms with Gasteiger partial charge >= 0.3 is 0 Å². The van der Waals surface area contributed by atoms with E-state index in [0.717, 1.165) is 16.5 Å². The van der Waals surface area contributed by atoms with Crippen LogP contribution in [0.3, 0.4) is 0 Å². The van der Waals surface area contributed by atoms with E-state index in [9.17, 15) is 9.59 Å². The summed E-state index contributed by atoms with van der Waals surface area (Å²) in [5.41, 5.74) is 8.40. The zero-order chi connectivity index (χ0) is 16.4. The predicted octanol–water partition coefficient (Wildman–Crippen LogP) is 2.89. The van der Waals surface area contributed by atoms with Crippen LogP contribution in [0.25, 0.3) is 10.9 Å². The van der Waals surface area contributed by atoms with Crippen molar-refractivity contribution in [2.75, 3.05) is 5.32 Å². The van der Waals surface area contributed by atoms with E-state index in [1.807, 2.05) is 31.2 Å². The second-order valence-electron chi connectivity index (χ2n) is 5.29. The molecule has 2 aromatic carbocycles. The van der Waals surface area contributed by atoms with E-state index in [1.54, 1.807) is 30.3 Å². The molecule has 5 nitrogen and oxygen atoms in total. The minimum Gasteiger partial charge on any atom is -0.366 e. The fourth-order valence-electron chi connectivity index (χ4n) is 2.28. The first-order chi connectivity index (χ1) is 11.0. The SMILES string of the molecule is Cc1ccc2nc(C(=O)Nc3ccc(C(N)=O)cc3)ccc2c1. The summed E-state index contributed by atoms with van der Waals surface area (Å²) in [6, 6.07) is 15.8. The van der Waals surface area contributed by atoms with Crippen molar-refractivity contribution in [3.05, 3.63) is 71.4 Å². The highest BCUT2D eigenvalue weighted by atomic mass is 16.2. The maximum absolute atomic E-state index is 12.3. The molecule has 0 aliphatic heterocycles. The molecule has 0 fully saturated rings. The minimum atomic E-state index is -0.505. The van der Waals surface area contributed by atoms with Crippen LogP contribution in [0.2, 0.25) is 0 Å². The number of amides is 2. The first kappa shape index (κ1) is 14.7. The van der Waals surface area contributed by atoms with E-state index in [4.69, 9.17) is 5.73 Å². The lowest BCUT2D eigenvalue weighted by molar-refractivity contribution is 0.0998. The Morgan fingerprint density at radius 3 is 2.43 bits per heavy atom. The van der Waals surface area contributed by atoms with Crippen LogP contribution in [0.1, 0.15) is 26.4 Å². The second-order valence-corrected chi connectivity index (χ2v) is 5.29. The van der Waals surface area contributed by atoms with Crippen LogP contribution >= 0.6 is 0 Å². The Labute approximate surface area is 133 Å². The third kappa shape index (κ3) is 3.18. The molecule has 3 aromatic rings. The van der Waals surface area contributed by atoms with Crippen LogP contribution < -0.4 is 11.1 Å². The minimum absolute atomic E-state index is 0.306. The lowest BCUT2D eigenvalue weighted by atomic mass is 10.1. The molecule has 114 valence electrons. The van der Waals surface area contributed by atoms with Crippen molar-refractivity contribution in [3.63, 3.8) is 0 Å². The number of rotatable bonds is 3. The second kappa shape index (κ2) is 5.88. The monoisotopic (exact) mass is 305 g/mol. The van der Waals surface area contributed by atoms with E-state index in [2.05, 4.69) is 10.3 Å². The predicted molar refractivity (Wildman–Crippen MR) is 89.4 cm³/mol. The number of nitrogens with two attached hydrogens (primary N) is 1. The molecule has 23 heavy (non-hydrogen) atoms. The Morgan fingerprint density at radius 2 is 1.74 bits per heavy atom. The molecule has 0 spiro atoms. The number of nitrogens with zero attached hydrogens (tertiary/aromatic N) is 1. The van der Waals surface area contributed by atoms with Crippen molar-refractivity contribution < 1.29 is 9.59 Å². The number of aryl methyl sites for hydroxylation is 1. The number of primary amides is 1. The largest absolute Gasteiger partial charge is 0.366 e. The van der Waals surface area contributed by atoms with Gasteiger partial charge in [0.1, 0.15) is 5.69 Å². The molecule has 3 N–H and O–H groups in total. The molecule has 0 radical (unpaired) electrons. The number of carbonyl (C=O) groups is 2. The van der Waals surface area contributed by atoms with Crippen molar-refractivity contribution in [1.29, 1.82) is 0 Å². The molecular formula is C18H15N3O2. The van der Waals surface area contributed by atoms with Gasteiger partial charge in [-0.15, -0.1) is 0 Å². The van der Waals surface area contributed by atoms with Gasteiger partial charge in [-0.1, -0.05) is 17.7 Å². The standard InChI is InChI=1S/C18H15N3O2/c1-11-2-8-15-13(10-11)5-9-16(21-15)18(23)20-14-6-3-12(4-7-14)17(19)22/h2-10H,1H3,(H2,19,22)(H,20,23). The van der Waals surface area contributed by atoms with Gasteiger partial charge in [-0.3, -0.25) is 9.59 Å². The molecule has 3 rings (SSSR count). The van der Waals surface area contributed by atoms with E-state index < -0.39 is 5.91 Å². The zero-order valence-electron chi connectivity index (χ0n) is 12.5. The number of benzene rings is 2. The fraction of sp³-hybridized carbons (Fsp3) is 0.0556. The highest BCUT2D eigenvalue weighted by Crippen LogP contribution is 2.16. The number of anilines is 1. The quantitative estimate of drug-likeness (QED) is 0.780. The normalized spacial score (nSPS) is 10.5. The number of aromatic nitrogens is 1. The molecule has 0 atom stereocenters. The van der Waals surface area contributed by atoms with Gasteiger partial charge in [-0.25, -0.2) is 4.98 Å². The number of carbonyl (C=O) groups excluding carboxylic acids is 2. The Bertz CT molecular complexity index is 902. The number of hydrogen-bond donors (Lipinski definition) is 2. The summed E-state index contributed by atoms with van der Waals surface area (Å²) in [5, 5.41) is 3.74. The molecule has 5 heteroatoms. The summed E-state index contributed by atoms with van der Waals surface area (Å²) >= 11 is 0.